The molecule has 2 heteroatoms. The van der Waals surface area contributed by atoms with Crippen LogP contribution in [0.1, 0.15) is 34.1 Å². The Morgan fingerprint density at radius 1 is 1.15 bits per heavy atom. The zero-order chi connectivity index (χ0) is 10.3. The lowest BCUT2D eigenvalue weighted by Gasteiger charge is -2.32. The largest absolute Gasteiger partial charge is 0.384 e. The molecule has 0 amide bonds. The van der Waals surface area contributed by atoms with Gasteiger partial charge in [-0.3, -0.25) is 0 Å². The Labute approximate surface area is 82.6 Å². The molecule has 0 bridgehead atoms. The van der Waals surface area contributed by atoms with E-state index in [9.17, 15) is 0 Å². The minimum atomic E-state index is 0.311. The highest BCUT2D eigenvalue weighted by molar-refractivity contribution is 4.76. The Hall–Kier alpha value is -0.0800. The van der Waals surface area contributed by atoms with Crippen LogP contribution >= 0.6 is 0 Å². The number of rotatable bonds is 7. The Morgan fingerprint density at radius 2 is 1.77 bits per heavy atom. The second kappa shape index (κ2) is 6.39. The van der Waals surface area contributed by atoms with Gasteiger partial charge in [-0.2, -0.15) is 0 Å². The van der Waals surface area contributed by atoms with Crippen molar-refractivity contribution in [3.63, 3.8) is 0 Å². The van der Waals surface area contributed by atoms with E-state index in [1.165, 1.54) is 0 Å². The van der Waals surface area contributed by atoms with Gasteiger partial charge in [0, 0.05) is 19.6 Å². The molecule has 0 aliphatic carbocycles. The third kappa shape index (κ3) is 4.63. The topological polar surface area (TPSA) is 18.5 Å². The maximum Gasteiger partial charge on any atom is 0.0521 e. The molecular formula is C11H24O2. The number of hydrogen-bond acceptors (Lipinski definition) is 2. The van der Waals surface area contributed by atoms with Crippen molar-refractivity contribution in [3.8, 4) is 0 Å². The molecule has 0 aliphatic rings. The highest BCUT2D eigenvalue weighted by atomic mass is 16.5. The summed E-state index contributed by atoms with van der Waals surface area (Å²) < 4.78 is 10.7. The van der Waals surface area contributed by atoms with E-state index in [0.29, 0.717) is 11.3 Å². The number of hydrogen-bond donors (Lipinski definition) is 0. The molecule has 0 aliphatic heterocycles. The molecule has 0 aromatic carbocycles. The normalized spacial score (nSPS) is 14.5. The van der Waals surface area contributed by atoms with E-state index >= 15 is 0 Å². The van der Waals surface area contributed by atoms with E-state index in [2.05, 4.69) is 20.8 Å². The molecule has 0 heterocycles. The molecule has 1 atom stereocenters. The number of ether oxygens (including phenoxy) is 2. The van der Waals surface area contributed by atoms with E-state index in [-0.39, 0.29) is 0 Å². The van der Waals surface area contributed by atoms with Crippen molar-refractivity contribution in [1.82, 2.24) is 0 Å². The molecule has 0 aromatic heterocycles. The van der Waals surface area contributed by atoms with Crippen LogP contribution in [0.4, 0.5) is 0 Å². The average Bonchev–Trinajstić information content (AvgIpc) is 2.12. The summed E-state index contributed by atoms with van der Waals surface area (Å²) in [4.78, 5) is 0. The summed E-state index contributed by atoms with van der Waals surface area (Å²) in [5, 5.41) is 0. The van der Waals surface area contributed by atoms with Crippen LogP contribution in [0.15, 0.2) is 0 Å². The van der Waals surface area contributed by atoms with Crippen molar-refractivity contribution in [3.05, 3.63) is 0 Å². The van der Waals surface area contributed by atoms with Gasteiger partial charge in [-0.05, 0) is 12.3 Å². The highest BCUT2D eigenvalue weighted by Gasteiger charge is 2.27. The zero-order valence-electron chi connectivity index (χ0n) is 9.72. The van der Waals surface area contributed by atoms with Gasteiger partial charge in [0.25, 0.3) is 0 Å². The van der Waals surface area contributed by atoms with Crippen molar-refractivity contribution < 1.29 is 9.47 Å². The van der Waals surface area contributed by atoms with Crippen LogP contribution in [0.25, 0.3) is 0 Å². The summed E-state index contributed by atoms with van der Waals surface area (Å²) in [6, 6.07) is 0. The fourth-order valence-electron chi connectivity index (χ4n) is 1.25. The first-order valence-corrected chi connectivity index (χ1v) is 5.15. The van der Waals surface area contributed by atoms with Gasteiger partial charge in [-0.15, -0.1) is 0 Å². The molecule has 0 spiro atoms. The Morgan fingerprint density at radius 3 is 2.15 bits per heavy atom. The molecule has 1 unspecified atom stereocenters. The van der Waals surface area contributed by atoms with Gasteiger partial charge in [-0.1, -0.05) is 27.2 Å². The molecule has 0 radical (unpaired) electrons. The molecule has 0 fully saturated rings. The predicted octanol–water partition coefficient (Wildman–Crippen LogP) is 2.72. The van der Waals surface area contributed by atoms with E-state index in [4.69, 9.17) is 9.47 Å². The van der Waals surface area contributed by atoms with E-state index in [1.54, 1.807) is 7.11 Å². The van der Waals surface area contributed by atoms with Crippen LogP contribution in [-0.2, 0) is 9.47 Å². The Bertz CT molecular complexity index is 121. The van der Waals surface area contributed by atoms with Crippen molar-refractivity contribution in [2.45, 2.75) is 34.1 Å². The lowest BCUT2D eigenvalue weighted by Crippen LogP contribution is -2.31. The quantitative estimate of drug-likeness (QED) is 0.611. The van der Waals surface area contributed by atoms with Crippen molar-refractivity contribution in [2.75, 3.05) is 26.9 Å². The van der Waals surface area contributed by atoms with E-state index in [0.717, 1.165) is 26.2 Å². The van der Waals surface area contributed by atoms with Crippen LogP contribution in [-0.4, -0.2) is 26.9 Å². The van der Waals surface area contributed by atoms with Gasteiger partial charge in [0.15, 0.2) is 0 Å². The van der Waals surface area contributed by atoms with Crippen LogP contribution in [0.5, 0.6) is 0 Å². The van der Waals surface area contributed by atoms with Gasteiger partial charge in [0.1, 0.15) is 0 Å². The molecule has 0 N–H and O–H groups in total. The summed E-state index contributed by atoms with van der Waals surface area (Å²) in [7, 11) is 1.75. The molecule has 2 nitrogen and oxygen atoms in total. The minimum Gasteiger partial charge on any atom is -0.384 e. The van der Waals surface area contributed by atoms with Crippen molar-refractivity contribution in [1.29, 1.82) is 0 Å². The van der Waals surface area contributed by atoms with E-state index in [1.807, 2.05) is 6.92 Å². The third-order valence-electron chi connectivity index (χ3n) is 2.91. The summed E-state index contributed by atoms with van der Waals surface area (Å²) >= 11 is 0. The first-order chi connectivity index (χ1) is 6.08. The minimum absolute atomic E-state index is 0.311. The predicted molar refractivity (Wildman–Crippen MR) is 55.9 cm³/mol. The van der Waals surface area contributed by atoms with Crippen LogP contribution < -0.4 is 0 Å². The van der Waals surface area contributed by atoms with Crippen molar-refractivity contribution >= 4 is 0 Å². The lowest BCUT2D eigenvalue weighted by molar-refractivity contribution is 0.00596. The number of methoxy groups -OCH3 is 1. The summed E-state index contributed by atoms with van der Waals surface area (Å²) in [5.74, 6) is 0.502. The van der Waals surface area contributed by atoms with E-state index < -0.39 is 0 Å². The monoisotopic (exact) mass is 188 g/mol. The molecule has 0 aromatic rings. The Kier molecular flexibility index (Phi) is 6.35. The van der Waals surface area contributed by atoms with Gasteiger partial charge < -0.3 is 9.47 Å². The molecule has 0 saturated carbocycles. The van der Waals surface area contributed by atoms with Crippen LogP contribution in [0.2, 0.25) is 0 Å². The van der Waals surface area contributed by atoms with Gasteiger partial charge in [0.05, 0.1) is 13.2 Å². The summed E-state index contributed by atoms with van der Waals surface area (Å²) in [6.07, 6.45) is 1.16. The molecular weight excluding hydrogens is 164 g/mol. The first kappa shape index (κ1) is 12.9. The zero-order valence-corrected chi connectivity index (χ0v) is 9.72. The molecule has 80 valence electrons. The second-order valence-corrected chi connectivity index (χ2v) is 4.15. The van der Waals surface area contributed by atoms with Gasteiger partial charge in [0.2, 0.25) is 0 Å². The molecule has 0 rings (SSSR count). The Balaban J connectivity index is 4.05. The summed E-state index contributed by atoms with van der Waals surface area (Å²) in [5.41, 5.74) is 0.311. The average molecular weight is 188 g/mol. The van der Waals surface area contributed by atoms with Crippen LogP contribution in [0, 0.1) is 11.3 Å². The fraction of sp³-hybridized carbons (Fsp3) is 1.00. The maximum absolute atomic E-state index is 5.46. The first-order valence-electron chi connectivity index (χ1n) is 5.15. The SMILES string of the molecule is CCOCC(COC)C(C)(C)CC. The summed E-state index contributed by atoms with van der Waals surface area (Å²) in [6.45, 7) is 11.2. The van der Waals surface area contributed by atoms with Crippen LogP contribution in [0.3, 0.4) is 0 Å². The smallest absolute Gasteiger partial charge is 0.0521 e. The lowest BCUT2D eigenvalue weighted by atomic mass is 9.77. The second-order valence-electron chi connectivity index (χ2n) is 4.15. The van der Waals surface area contributed by atoms with Gasteiger partial charge >= 0.3 is 0 Å². The highest BCUT2D eigenvalue weighted by Crippen LogP contribution is 2.30. The fourth-order valence-corrected chi connectivity index (χ4v) is 1.25. The molecule has 0 saturated heterocycles. The molecule has 13 heavy (non-hydrogen) atoms. The third-order valence-corrected chi connectivity index (χ3v) is 2.91. The maximum atomic E-state index is 5.46. The van der Waals surface area contributed by atoms with Crippen molar-refractivity contribution in [2.24, 2.45) is 11.3 Å². The standard InChI is InChI=1S/C11H24O2/c1-6-11(3,4)10(8-12-5)9-13-7-2/h10H,6-9H2,1-5H3. The van der Waals surface area contributed by atoms with Gasteiger partial charge in [-0.25, -0.2) is 0 Å².